The fraction of sp³-hybridized carbons (Fsp3) is 0.227. The van der Waals surface area contributed by atoms with Crippen LogP contribution in [0.15, 0.2) is 70.0 Å². The zero-order chi connectivity index (χ0) is 21.0. The highest BCUT2D eigenvalue weighted by atomic mass is 32.2. The summed E-state index contributed by atoms with van der Waals surface area (Å²) in [6.07, 6.45) is 4.00. The third kappa shape index (κ3) is 4.72. The SMILES string of the molecule is O=C(NNS(=O)(=O)c1ccc2c(c1)CCCC2)c1ccc(COc2ccccc2)o1. The zero-order valence-electron chi connectivity index (χ0n) is 16.3. The quantitative estimate of drug-likeness (QED) is 0.565. The van der Waals surface area contributed by atoms with Crippen LogP contribution in [-0.2, 0) is 29.5 Å². The predicted octanol–water partition coefficient (Wildman–Crippen LogP) is 3.36. The summed E-state index contributed by atoms with van der Waals surface area (Å²) in [5, 5.41) is 0. The van der Waals surface area contributed by atoms with E-state index in [1.54, 1.807) is 18.2 Å². The Morgan fingerprint density at radius 2 is 1.73 bits per heavy atom. The highest BCUT2D eigenvalue weighted by molar-refractivity contribution is 7.89. The number of hydrogen-bond donors (Lipinski definition) is 2. The molecule has 1 aliphatic carbocycles. The monoisotopic (exact) mass is 426 g/mol. The zero-order valence-corrected chi connectivity index (χ0v) is 17.1. The molecular weight excluding hydrogens is 404 g/mol. The first kappa shape index (κ1) is 20.2. The molecule has 1 amide bonds. The maximum Gasteiger partial charge on any atom is 0.301 e. The minimum atomic E-state index is -3.88. The molecule has 3 aromatic rings. The first-order chi connectivity index (χ1) is 14.5. The largest absolute Gasteiger partial charge is 0.486 e. The van der Waals surface area contributed by atoms with E-state index in [1.165, 1.54) is 11.6 Å². The molecule has 2 aromatic carbocycles. The second-order valence-electron chi connectivity index (χ2n) is 7.06. The minimum Gasteiger partial charge on any atom is -0.486 e. The number of amides is 1. The van der Waals surface area contributed by atoms with Crippen molar-refractivity contribution in [2.24, 2.45) is 0 Å². The molecule has 0 radical (unpaired) electrons. The smallest absolute Gasteiger partial charge is 0.301 e. The number of aryl methyl sites for hydroxylation is 2. The Kier molecular flexibility index (Phi) is 5.87. The topological polar surface area (TPSA) is 97.6 Å². The van der Waals surface area contributed by atoms with Crippen LogP contribution in [0.2, 0.25) is 0 Å². The molecule has 7 nitrogen and oxygen atoms in total. The number of furan rings is 1. The Hall–Kier alpha value is -3.10. The molecule has 2 N–H and O–H groups in total. The van der Waals surface area contributed by atoms with Crippen LogP contribution in [-0.4, -0.2) is 14.3 Å². The van der Waals surface area contributed by atoms with Gasteiger partial charge in [0.25, 0.3) is 10.0 Å². The Labute approximate surface area is 175 Å². The van der Waals surface area contributed by atoms with Gasteiger partial charge in [-0.05, 0) is 73.2 Å². The molecular formula is C22H22N2O5S. The van der Waals surface area contributed by atoms with E-state index < -0.39 is 15.9 Å². The van der Waals surface area contributed by atoms with Crippen LogP contribution in [0.4, 0.5) is 0 Å². The van der Waals surface area contributed by atoms with E-state index >= 15 is 0 Å². The highest BCUT2D eigenvalue weighted by Crippen LogP contribution is 2.24. The van der Waals surface area contributed by atoms with Crippen molar-refractivity contribution in [3.05, 3.63) is 83.3 Å². The van der Waals surface area contributed by atoms with Gasteiger partial charge in [-0.3, -0.25) is 10.2 Å². The van der Waals surface area contributed by atoms with Gasteiger partial charge in [-0.15, -0.1) is 4.83 Å². The third-order valence-electron chi connectivity index (χ3n) is 4.94. The maximum absolute atomic E-state index is 12.5. The van der Waals surface area contributed by atoms with Crippen molar-refractivity contribution in [3.8, 4) is 5.75 Å². The molecule has 30 heavy (non-hydrogen) atoms. The number of carbonyl (C=O) groups is 1. The summed E-state index contributed by atoms with van der Waals surface area (Å²) in [6, 6.07) is 17.4. The van der Waals surface area contributed by atoms with E-state index in [-0.39, 0.29) is 17.3 Å². The van der Waals surface area contributed by atoms with Crippen molar-refractivity contribution < 1.29 is 22.4 Å². The van der Waals surface area contributed by atoms with E-state index in [0.29, 0.717) is 11.5 Å². The third-order valence-corrected chi connectivity index (χ3v) is 6.18. The summed E-state index contributed by atoms with van der Waals surface area (Å²) in [5.41, 5.74) is 4.42. The van der Waals surface area contributed by atoms with Gasteiger partial charge in [0.15, 0.2) is 5.76 Å². The Morgan fingerprint density at radius 1 is 0.967 bits per heavy atom. The first-order valence-corrected chi connectivity index (χ1v) is 11.2. The molecule has 0 saturated carbocycles. The van der Waals surface area contributed by atoms with Crippen LogP contribution < -0.4 is 15.0 Å². The number of para-hydroxylation sites is 1. The molecule has 0 fully saturated rings. The summed E-state index contributed by atoms with van der Waals surface area (Å²) in [7, 11) is -3.88. The molecule has 1 aliphatic rings. The van der Waals surface area contributed by atoms with E-state index in [4.69, 9.17) is 9.15 Å². The van der Waals surface area contributed by atoms with Crippen LogP contribution in [0.3, 0.4) is 0 Å². The van der Waals surface area contributed by atoms with Crippen molar-refractivity contribution in [1.82, 2.24) is 10.3 Å². The number of carbonyl (C=O) groups excluding carboxylic acids is 1. The maximum atomic E-state index is 12.5. The Balaban J connectivity index is 1.35. The fourth-order valence-corrected chi connectivity index (χ4v) is 4.25. The summed E-state index contributed by atoms with van der Waals surface area (Å²) in [6.45, 7) is 0.151. The number of sulfonamides is 1. The van der Waals surface area contributed by atoms with Crippen molar-refractivity contribution in [2.45, 2.75) is 37.2 Å². The van der Waals surface area contributed by atoms with Crippen LogP contribution in [0.5, 0.6) is 5.75 Å². The van der Waals surface area contributed by atoms with Gasteiger partial charge in [-0.2, -0.15) is 0 Å². The van der Waals surface area contributed by atoms with Gasteiger partial charge < -0.3 is 9.15 Å². The van der Waals surface area contributed by atoms with Gasteiger partial charge >= 0.3 is 5.91 Å². The normalized spacial score (nSPS) is 13.5. The average molecular weight is 426 g/mol. The molecule has 0 atom stereocenters. The molecule has 4 rings (SSSR count). The minimum absolute atomic E-state index is 0.0187. The summed E-state index contributed by atoms with van der Waals surface area (Å²) in [5.74, 6) is 0.413. The second-order valence-corrected chi connectivity index (χ2v) is 8.75. The van der Waals surface area contributed by atoms with Crippen molar-refractivity contribution >= 4 is 15.9 Å². The molecule has 1 aromatic heterocycles. The number of nitrogens with one attached hydrogen (secondary N) is 2. The molecule has 8 heteroatoms. The molecule has 0 spiro atoms. The average Bonchev–Trinajstić information content (AvgIpc) is 3.26. The lowest BCUT2D eigenvalue weighted by Crippen LogP contribution is -2.41. The Morgan fingerprint density at radius 3 is 2.53 bits per heavy atom. The first-order valence-electron chi connectivity index (χ1n) is 9.72. The molecule has 156 valence electrons. The van der Waals surface area contributed by atoms with Gasteiger partial charge in [0, 0.05) is 0 Å². The number of benzene rings is 2. The molecule has 1 heterocycles. The second kappa shape index (κ2) is 8.73. The fourth-order valence-electron chi connectivity index (χ4n) is 3.36. The summed E-state index contributed by atoms with van der Waals surface area (Å²) < 4.78 is 36.1. The summed E-state index contributed by atoms with van der Waals surface area (Å²) in [4.78, 5) is 14.5. The van der Waals surface area contributed by atoms with Gasteiger partial charge in [0.05, 0.1) is 4.90 Å². The molecule has 0 unspecified atom stereocenters. The van der Waals surface area contributed by atoms with E-state index in [1.807, 2.05) is 36.4 Å². The number of hydrogen-bond acceptors (Lipinski definition) is 5. The standard InChI is InChI=1S/C22H22N2O5S/c25-22(21-13-11-19(29-21)15-28-18-8-2-1-3-9-18)23-24-30(26,27)20-12-10-16-6-4-5-7-17(16)14-20/h1-3,8-14,24H,4-7,15H2,(H,23,25). The van der Waals surface area contributed by atoms with Gasteiger partial charge in [-0.25, -0.2) is 8.42 Å². The number of hydrazine groups is 1. The van der Waals surface area contributed by atoms with Crippen LogP contribution in [0.1, 0.15) is 40.3 Å². The van der Waals surface area contributed by atoms with Crippen LogP contribution >= 0.6 is 0 Å². The molecule has 0 saturated heterocycles. The van der Waals surface area contributed by atoms with Crippen molar-refractivity contribution in [3.63, 3.8) is 0 Å². The Bertz CT molecular complexity index is 1140. The van der Waals surface area contributed by atoms with Crippen molar-refractivity contribution in [1.29, 1.82) is 0 Å². The molecule has 0 aliphatic heterocycles. The van der Waals surface area contributed by atoms with Crippen LogP contribution in [0.25, 0.3) is 0 Å². The van der Waals surface area contributed by atoms with E-state index in [2.05, 4.69) is 10.3 Å². The lowest BCUT2D eigenvalue weighted by atomic mass is 9.92. The number of ether oxygens (including phenoxy) is 1. The van der Waals surface area contributed by atoms with Gasteiger partial charge in [0.1, 0.15) is 18.1 Å². The number of rotatable bonds is 7. The lowest BCUT2D eigenvalue weighted by molar-refractivity contribution is 0.0913. The van der Waals surface area contributed by atoms with E-state index in [9.17, 15) is 13.2 Å². The number of fused-ring (bicyclic) bond motifs is 1. The van der Waals surface area contributed by atoms with Crippen molar-refractivity contribution in [2.75, 3.05) is 0 Å². The lowest BCUT2D eigenvalue weighted by Gasteiger charge is -2.16. The highest BCUT2D eigenvalue weighted by Gasteiger charge is 2.20. The summed E-state index contributed by atoms with van der Waals surface area (Å²) >= 11 is 0. The van der Waals surface area contributed by atoms with Gasteiger partial charge in [0.2, 0.25) is 0 Å². The van der Waals surface area contributed by atoms with Crippen LogP contribution in [0, 0.1) is 0 Å². The van der Waals surface area contributed by atoms with E-state index in [0.717, 1.165) is 31.2 Å². The predicted molar refractivity (Wildman–Crippen MR) is 110 cm³/mol. The van der Waals surface area contributed by atoms with Gasteiger partial charge in [-0.1, -0.05) is 24.3 Å². The molecule has 0 bridgehead atoms.